The molecule has 1 fully saturated rings. The maximum Gasteiger partial charge on any atom is 0.239 e. The summed E-state index contributed by atoms with van der Waals surface area (Å²) in [6.45, 7) is 0. The lowest BCUT2D eigenvalue weighted by atomic mass is 9.71. The first-order valence-corrected chi connectivity index (χ1v) is 8.51. The van der Waals surface area contributed by atoms with Gasteiger partial charge in [-0.15, -0.1) is 22.9 Å². The number of alkyl halides is 1. The van der Waals surface area contributed by atoms with Crippen LogP contribution in [0.5, 0.6) is 0 Å². The Morgan fingerprint density at radius 1 is 1.40 bits per heavy atom. The minimum Gasteiger partial charge on any atom is -0.316 e. The van der Waals surface area contributed by atoms with Gasteiger partial charge in [0.1, 0.15) is 17.0 Å². The smallest absolute Gasteiger partial charge is 0.239 e. The first-order chi connectivity index (χ1) is 9.74. The number of fused-ring (bicyclic) bond motifs is 3. The number of thiophene rings is 1. The zero-order valence-electron chi connectivity index (χ0n) is 11.2. The Morgan fingerprint density at radius 2 is 2.20 bits per heavy atom. The van der Waals surface area contributed by atoms with E-state index in [0.717, 1.165) is 12.3 Å². The van der Waals surface area contributed by atoms with Crippen LogP contribution in [0.1, 0.15) is 54.0 Å². The van der Waals surface area contributed by atoms with Crippen LogP contribution in [0.2, 0.25) is 0 Å². The molecule has 3 rings (SSSR count). The first-order valence-electron chi connectivity index (χ1n) is 7.16. The van der Waals surface area contributed by atoms with Crippen LogP contribution >= 0.6 is 22.9 Å². The van der Waals surface area contributed by atoms with Crippen LogP contribution in [0, 0.1) is 17.2 Å². The summed E-state index contributed by atoms with van der Waals surface area (Å²) in [4.78, 5) is 12.8. The molecule has 20 heavy (non-hydrogen) atoms. The number of amides is 1. The van der Waals surface area contributed by atoms with Crippen molar-refractivity contribution in [2.45, 2.75) is 44.4 Å². The monoisotopic (exact) mass is 308 g/mol. The number of hydrogen-bond donors (Lipinski definition) is 1. The molecule has 3 nitrogen and oxygen atoms in total. The third-order valence-electron chi connectivity index (χ3n) is 4.54. The van der Waals surface area contributed by atoms with E-state index < -0.39 is 0 Å². The summed E-state index contributed by atoms with van der Waals surface area (Å²) < 4.78 is 0. The maximum absolute atomic E-state index is 11.5. The second-order valence-corrected chi connectivity index (χ2v) is 6.95. The first kappa shape index (κ1) is 13.9. The Bertz CT molecular complexity index is 575. The lowest BCUT2D eigenvalue weighted by molar-refractivity contribution is -0.113. The van der Waals surface area contributed by atoms with Gasteiger partial charge >= 0.3 is 0 Å². The van der Waals surface area contributed by atoms with E-state index in [9.17, 15) is 10.1 Å². The van der Waals surface area contributed by atoms with Crippen LogP contribution in [0.4, 0.5) is 5.00 Å². The largest absolute Gasteiger partial charge is 0.316 e. The van der Waals surface area contributed by atoms with Crippen molar-refractivity contribution < 1.29 is 4.79 Å². The molecular weight excluding hydrogens is 292 g/mol. The zero-order valence-corrected chi connectivity index (χ0v) is 12.8. The second-order valence-electron chi connectivity index (χ2n) is 5.63. The molecule has 0 aliphatic heterocycles. The van der Waals surface area contributed by atoms with Crippen LogP contribution in [0.3, 0.4) is 0 Å². The summed E-state index contributed by atoms with van der Waals surface area (Å²) in [5.74, 6) is 1.07. The fraction of sp³-hybridized carbons (Fsp3) is 0.600. The molecule has 2 unspecified atom stereocenters. The number of anilines is 1. The van der Waals surface area contributed by atoms with Crippen LogP contribution < -0.4 is 5.32 Å². The number of carbonyl (C=O) groups is 1. The highest BCUT2D eigenvalue weighted by Gasteiger charge is 2.35. The minimum atomic E-state index is -0.234. The highest BCUT2D eigenvalue weighted by molar-refractivity contribution is 7.16. The van der Waals surface area contributed by atoms with Crippen molar-refractivity contribution in [2.75, 3.05) is 11.2 Å². The molecule has 1 aromatic heterocycles. The summed E-state index contributed by atoms with van der Waals surface area (Å²) in [6, 6.07) is 2.28. The number of rotatable bonds is 2. The Labute approximate surface area is 127 Å². The predicted octanol–water partition coefficient (Wildman–Crippen LogP) is 4.02. The van der Waals surface area contributed by atoms with Crippen LogP contribution in [-0.4, -0.2) is 11.8 Å². The molecule has 1 aromatic rings. The molecule has 106 valence electrons. The predicted molar refractivity (Wildman–Crippen MR) is 81.4 cm³/mol. The van der Waals surface area contributed by atoms with Crippen LogP contribution in [0.15, 0.2) is 0 Å². The van der Waals surface area contributed by atoms with Gasteiger partial charge in [0.25, 0.3) is 0 Å². The van der Waals surface area contributed by atoms with Gasteiger partial charge in [-0.1, -0.05) is 12.8 Å². The summed E-state index contributed by atoms with van der Waals surface area (Å²) in [5, 5.41) is 12.9. The van der Waals surface area contributed by atoms with Crippen molar-refractivity contribution in [3.05, 3.63) is 16.0 Å². The van der Waals surface area contributed by atoms with Gasteiger partial charge in [-0.05, 0) is 43.1 Å². The molecule has 2 aliphatic rings. The molecule has 2 atom stereocenters. The van der Waals surface area contributed by atoms with Gasteiger partial charge in [-0.3, -0.25) is 4.79 Å². The minimum absolute atomic E-state index is 0.0700. The highest BCUT2D eigenvalue weighted by Crippen LogP contribution is 2.50. The lowest BCUT2D eigenvalue weighted by Gasteiger charge is -2.35. The quantitative estimate of drug-likeness (QED) is 0.839. The topological polar surface area (TPSA) is 52.9 Å². The van der Waals surface area contributed by atoms with Gasteiger partial charge in [0.2, 0.25) is 5.91 Å². The Balaban J connectivity index is 1.97. The Morgan fingerprint density at radius 3 is 2.95 bits per heavy atom. The molecule has 5 heteroatoms. The van der Waals surface area contributed by atoms with Gasteiger partial charge in [-0.25, -0.2) is 0 Å². The van der Waals surface area contributed by atoms with E-state index in [1.165, 1.54) is 42.5 Å². The van der Waals surface area contributed by atoms with Gasteiger partial charge in [0.15, 0.2) is 0 Å². The lowest BCUT2D eigenvalue weighted by Crippen LogP contribution is -2.22. The number of hydrogen-bond acceptors (Lipinski definition) is 3. The third kappa shape index (κ3) is 2.34. The Hall–Kier alpha value is -1.05. The fourth-order valence-corrected chi connectivity index (χ4v) is 5.14. The van der Waals surface area contributed by atoms with E-state index in [0.29, 0.717) is 16.5 Å². The Kier molecular flexibility index (Phi) is 4.00. The second kappa shape index (κ2) is 5.75. The highest BCUT2D eigenvalue weighted by atomic mass is 35.5. The van der Waals surface area contributed by atoms with Crippen molar-refractivity contribution in [1.82, 2.24) is 0 Å². The van der Waals surface area contributed by atoms with Crippen molar-refractivity contribution in [3.8, 4) is 6.07 Å². The van der Waals surface area contributed by atoms with E-state index in [4.69, 9.17) is 11.6 Å². The van der Waals surface area contributed by atoms with E-state index in [1.807, 2.05) is 0 Å². The molecule has 1 N–H and O–H groups in total. The zero-order chi connectivity index (χ0) is 14.1. The summed E-state index contributed by atoms with van der Waals surface area (Å²) >= 11 is 7.15. The molecule has 0 spiro atoms. The van der Waals surface area contributed by atoms with Crippen molar-refractivity contribution in [3.63, 3.8) is 0 Å². The average Bonchev–Trinajstić information content (AvgIpc) is 2.84. The molecule has 1 amide bonds. The van der Waals surface area contributed by atoms with Gasteiger partial charge in [0, 0.05) is 4.88 Å². The molecule has 1 heterocycles. The molecular formula is C15H17ClN2OS. The normalized spacial score (nSPS) is 24.4. The van der Waals surface area contributed by atoms with E-state index >= 15 is 0 Å². The number of carbonyl (C=O) groups excluding carboxylic acids is 1. The third-order valence-corrected chi connectivity index (χ3v) is 6.06. The van der Waals surface area contributed by atoms with Crippen LogP contribution in [-0.2, 0) is 11.2 Å². The molecule has 0 radical (unpaired) electrons. The van der Waals surface area contributed by atoms with Gasteiger partial charge in [-0.2, -0.15) is 5.26 Å². The maximum atomic E-state index is 11.5. The van der Waals surface area contributed by atoms with Crippen molar-refractivity contribution in [2.24, 2.45) is 5.92 Å². The van der Waals surface area contributed by atoms with E-state index in [-0.39, 0.29) is 11.8 Å². The summed E-state index contributed by atoms with van der Waals surface area (Å²) in [5.41, 5.74) is 1.86. The number of halogens is 1. The van der Waals surface area contributed by atoms with E-state index in [1.54, 1.807) is 11.3 Å². The van der Waals surface area contributed by atoms with Gasteiger partial charge < -0.3 is 5.32 Å². The summed E-state index contributed by atoms with van der Waals surface area (Å²) in [7, 11) is 0. The van der Waals surface area contributed by atoms with Crippen molar-refractivity contribution in [1.29, 1.82) is 5.26 Å². The standard InChI is InChI=1S/C15H17ClN2OS/c16-7-13(19)18-15-12(8-17)11-6-5-9-3-1-2-4-10(9)14(11)20-15/h9-10H,1-7H2,(H,18,19). The fourth-order valence-electron chi connectivity index (χ4n) is 3.62. The number of nitrogens with zero attached hydrogens (tertiary/aromatic N) is 1. The number of nitrogens with one attached hydrogen (secondary N) is 1. The van der Waals surface area contributed by atoms with E-state index in [2.05, 4.69) is 11.4 Å². The average molecular weight is 309 g/mol. The van der Waals surface area contributed by atoms with Crippen molar-refractivity contribution >= 4 is 33.8 Å². The molecule has 0 bridgehead atoms. The van der Waals surface area contributed by atoms with Crippen LogP contribution in [0.25, 0.3) is 0 Å². The summed E-state index contributed by atoms with van der Waals surface area (Å²) in [6.07, 6.45) is 7.32. The molecule has 0 aromatic carbocycles. The van der Waals surface area contributed by atoms with Gasteiger partial charge in [0.05, 0.1) is 5.56 Å². The SMILES string of the molecule is N#Cc1c(NC(=O)CCl)sc2c1CCC1CCCCC21. The molecule has 2 aliphatic carbocycles. The molecule has 1 saturated carbocycles. The molecule has 0 saturated heterocycles. The number of nitriles is 1.